The van der Waals surface area contributed by atoms with Gasteiger partial charge in [-0.2, -0.15) is 0 Å². The molecule has 3 nitrogen and oxygen atoms in total. The minimum atomic E-state index is -0.582. The van der Waals surface area contributed by atoms with Crippen LogP contribution in [0.15, 0.2) is 47.4 Å². The molecule has 0 bridgehead atoms. The van der Waals surface area contributed by atoms with E-state index in [0.717, 1.165) is 0 Å². The van der Waals surface area contributed by atoms with Crippen LogP contribution in [0.5, 0.6) is 5.75 Å². The molecule has 104 valence electrons. The van der Waals surface area contributed by atoms with Gasteiger partial charge in [-0.15, -0.1) is 12.6 Å². The zero-order chi connectivity index (χ0) is 14.5. The quantitative estimate of drug-likeness (QED) is 0.842. The normalized spacial score (nSPS) is 10.2. The van der Waals surface area contributed by atoms with Crippen molar-refractivity contribution in [3.05, 3.63) is 53.8 Å². The predicted octanol–water partition coefficient (Wildman–Crippen LogP) is 3.77. The molecule has 2 aromatic carbocycles. The van der Waals surface area contributed by atoms with Crippen molar-refractivity contribution in [1.29, 1.82) is 0 Å². The third kappa shape index (κ3) is 3.51. The lowest BCUT2D eigenvalue weighted by atomic mass is 10.2. The van der Waals surface area contributed by atoms with Crippen LogP contribution in [0, 0.1) is 5.82 Å². The Bertz CT molecular complexity index is 631. The fourth-order valence-corrected chi connectivity index (χ4v) is 1.92. The fraction of sp³-hybridized carbons (Fsp3) is 0.133. The monoisotopic (exact) mass is 291 g/mol. The largest absolute Gasteiger partial charge is 0.494 e. The summed E-state index contributed by atoms with van der Waals surface area (Å²) in [6.45, 7) is 2.41. The third-order valence-corrected chi connectivity index (χ3v) is 2.88. The first-order chi connectivity index (χ1) is 9.60. The van der Waals surface area contributed by atoms with Crippen LogP contribution in [0.3, 0.4) is 0 Å². The van der Waals surface area contributed by atoms with Crippen LogP contribution in [-0.2, 0) is 0 Å². The van der Waals surface area contributed by atoms with E-state index in [0.29, 0.717) is 22.9 Å². The molecule has 0 unspecified atom stereocenters. The second-order valence-electron chi connectivity index (χ2n) is 4.08. The van der Waals surface area contributed by atoms with Gasteiger partial charge >= 0.3 is 0 Å². The fourth-order valence-electron chi connectivity index (χ4n) is 1.72. The maximum Gasteiger partial charge on any atom is 0.258 e. The van der Waals surface area contributed by atoms with E-state index >= 15 is 0 Å². The standard InChI is InChI=1S/C15H14FNO2S/c1-2-19-11-5-3-4-10(8-11)17-15(18)13-9-12(20)6-7-14(13)16/h3-9,20H,2H2,1H3,(H,17,18). The van der Waals surface area contributed by atoms with Crippen LogP contribution in [0.4, 0.5) is 10.1 Å². The number of rotatable bonds is 4. The lowest BCUT2D eigenvalue weighted by molar-refractivity contribution is 0.102. The maximum absolute atomic E-state index is 13.6. The highest BCUT2D eigenvalue weighted by molar-refractivity contribution is 7.80. The second kappa shape index (κ2) is 6.43. The first kappa shape index (κ1) is 14.4. The Kier molecular flexibility index (Phi) is 4.63. The Morgan fingerprint density at radius 2 is 2.10 bits per heavy atom. The molecule has 0 aliphatic rings. The van der Waals surface area contributed by atoms with Gasteiger partial charge < -0.3 is 10.1 Å². The molecule has 20 heavy (non-hydrogen) atoms. The molecule has 0 spiro atoms. The van der Waals surface area contributed by atoms with Crippen molar-refractivity contribution >= 4 is 24.2 Å². The van der Waals surface area contributed by atoms with Crippen LogP contribution in [0.1, 0.15) is 17.3 Å². The van der Waals surface area contributed by atoms with Gasteiger partial charge in [0.1, 0.15) is 11.6 Å². The zero-order valence-corrected chi connectivity index (χ0v) is 11.8. The van der Waals surface area contributed by atoms with Gasteiger partial charge in [0.05, 0.1) is 12.2 Å². The smallest absolute Gasteiger partial charge is 0.258 e. The van der Waals surface area contributed by atoms with Crippen molar-refractivity contribution in [3.63, 3.8) is 0 Å². The molecule has 0 aliphatic heterocycles. The molecule has 2 aromatic rings. The summed E-state index contributed by atoms with van der Waals surface area (Å²) >= 11 is 4.10. The molecule has 0 atom stereocenters. The number of amides is 1. The summed E-state index contributed by atoms with van der Waals surface area (Å²) in [6, 6.07) is 11.0. The van der Waals surface area contributed by atoms with Gasteiger partial charge in [-0.25, -0.2) is 4.39 Å². The molecule has 0 fully saturated rings. The number of benzene rings is 2. The summed E-state index contributed by atoms with van der Waals surface area (Å²) < 4.78 is 18.9. The highest BCUT2D eigenvalue weighted by Crippen LogP contribution is 2.19. The number of thiol groups is 1. The van der Waals surface area contributed by atoms with Gasteiger partial charge in [0.2, 0.25) is 0 Å². The van der Waals surface area contributed by atoms with Crippen molar-refractivity contribution in [2.45, 2.75) is 11.8 Å². The van der Waals surface area contributed by atoms with E-state index in [4.69, 9.17) is 4.74 Å². The third-order valence-electron chi connectivity index (χ3n) is 2.60. The van der Waals surface area contributed by atoms with Crippen molar-refractivity contribution < 1.29 is 13.9 Å². The molecule has 0 heterocycles. The van der Waals surface area contributed by atoms with Crippen molar-refractivity contribution in [2.24, 2.45) is 0 Å². The van der Waals surface area contributed by atoms with Crippen molar-refractivity contribution in [2.75, 3.05) is 11.9 Å². The Morgan fingerprint density at radius 3 is 2.85 bits per heavy atom. The molecule has 0 aromatic heterocycles. The molecule has 5 heteroatoms. The molecule has 0 saturated heterocycles. The summed E-state index contributed by atoms with van der Waals surface area (Å²) in [7, 11) is 0. The molecule has 0 radical (unpaired) electrons. The van der Waals surface area contributed by atoms with Gasteiger partial charge in [-0.1, -0.05) is 6.07 Å². The van der Waals surface area contributed by atoms with E-state index < -0.39 is 11.7 Å². The first-order valence-electron chi connectivity index (χ1n) is 6.13. The number of hydrogen-bond acceptors (Lipinski definition) is 3. The Morgan fingerprint density at radius 1 is 1.30 bits per heavy atom. The summed E-state index contributed by atoms with van der Waals surface area (Å²) in [4.78, 5) is 12.6. The van der Waals surface area contributed by atoms with Crippen molar-refractivity contribution in [1.82, 2.24) is 0 Å². The zero-order valence-electron chi connectivity index (χ0n) is 10.9. The molecule has 2 rings (SSSR count). The van der Waals surface area contributed by atoms with Gasteiger partial charge in [-0.05, 0) is 37.3 Å². The van der Waals surface area contributed by atoms with Gasteiger partial charge in [-0.3, -0.25) is 4.79 Å². The lowest BCUT2D eigenvalue weighted by Gasteiger charge is -2.09. The number of ether oxygens (including phenoxy) is 1. The Balaban J connectivity index is 2.19. The average molecular weight is 291 g/mol. The summed E-state index contributed by atoms with van der Waals surface area (Å²) in [5.74, 6) is -0.456. The Hall–Kier alpha value is -2.01. The molecular formula is C15H14FNO2S. The highest BCUT2D eigenvalue weighted by atomic mass is 32.1. The Labute approximate surface area is 122 Å². The number of anilines is 1. The molecule has 0 saturated carbocycles. The summed E-state index contributed by atoms with van der Waals surface area (Å²) in [5.41, 5.74) is 0.504. The van der Waals surface area contributed by atoms with Crippen LogP contribution in [0.2, 0.25) is 0 Å². The van der Waals surface area contributed by atoms with E-state index in [1.54, 1.807) is 24.3 Å². The molecule has 1 amide bonds. The first-order valence-corrected chi connectivity index (χ1v) is 6.57. The SMILES string of the molecule is CCOc1cccc(NC(=O)c2cc(S)ccc2F)c1. The van der Waals surface area contributed by atoms with E-state index in [-0.39, 0.29) is 5.56 Å². The van der Waals surface area contributed by atoms with Gasteiger partial charge in [0.15, 0.2) is 0 Å². The van der Waals surface area contributed by atoms with E-state index in [2.05, 4.69) is 17.9 Å². The minimum absolute atomic E-state index is 0.0423. The number of carbonyl (C=O) groups is 1. The number of carbonyl (C=O) groups excluding carboxylic acids is 1. The van der Waals surface area contributed by atoms with E-state index in [1.807, 2.05) is 6.92 Å². The van der Waals surface area contributed by atoms with Gasteiger partial charge in [0, 0.05) is 16.6 Å². The van der Waals surface area contributed by atoms with Crippen LogP contribution < -0.4 is 10.1 Å². The maximum atomic E-state index is 13.6. The van der Waals surface area contributed by atoms with Crippen molar-refractivity contribution in [3.8, 4) is 5.75 Å². The average Bonchev–Trinajstić information content (AvgIpc) is 2.42. The topological polar surface area (TPSA) is 38.3 Å². The molecule has 1 N–H and O–H groups in total. The number of hydrogen-bond donors (Lipinski definition) is 2. The van der Waals surface area contributed by atoms with Crippen LogP contribution in [0.25, 0.3) is 0 Å². The number of nitrogens with one attached hydrogen (secondary N) is 1. The highest BCUT2D eigenvalue weighted by Gasteiger charge is 2.12. The summed E-state index contributed by atoms with van der Waals surface area (Å²) in [5, 5.41) is 2.63. The summed E-state index contributed by atoms with van der Waals surface area (Å²) in [6.07, 6.45) is 0. The molecular weight excluding hydrogens is 277 g/mol. The van der Waals surface area contributed by atoms with Gasteiger partial charge in [0.25, 0.3) is 5.91 Å². The lowest BCUT2D eigenvalue weighted by Crippen LogP contribution is -2.13. The van der Waals surface area contributed by atoms with E-state index in [9.17, 15) is 9.18 Å². The predicted molar refractivity (Wildman–Crippen MR) is 79.2 cm³/mol. The second-order valence-corrected chi connectivity index (χ2v) is 4.60. The minimum Gasteiger partial charge on any atom is -0.494 e. The van der Waals surface area contributed by atoms with E-state index in [1.165, 1.54) is 18.2 Å². The number of halogens is 1. The van der Waals surface area contributed by atoms with Crippen LogP contribution >= 0.6 is 12.6 Å². The molecule has 0 aliphatic carbocycles. The van der Waals surface area contributed by atoms with Crippen LogP contribution in [-0.4, -0.2) is 12.5 Å².